The molecule has 16 heavy (non-hydrogen) atoms. The summed E-state index contributed by atoms with van der Waals surface area (Å²) in [6.07, 6.45) is 2.36. The zero-order valence-corrected chi connectivity index (χ0v) is 12.2. The summed E-state index contributed by atoms with van der Waals surface area (Å²) in [6.45, 7) is 5.68. The molecule has 2 nitrogen and oxygen atoms in total. The first-order chi connectivity index (χ1) is 7.61. The van der Waals surface area contributed by atoms with Gasteiger partial charge in [-0.3, -0.25) is 4.90 Å². The third-order valence-corrected chi connectivity index (χ3v) is 5.23. The quantitative estimate of drug-likeness (QED) is 0.907. The molecule has 2 atom stereocenters. The highest BCUT2D eigenvalue weighted by atomic mass is 79.9. The monoisotopic (exact) mass is 302 g/mol. The first-order valence-electron chi connectivity index (χ1n) is 5.85. The summed E-state index contributed by atoms with van der Waals surface area (Å²) < 4.78 is 1.21. The number of halogens is 1. The van der Waals surface area contributed by atoms with E-state index in [4.69, 9.17) is 5.73 Å². The molecule has 1 fully saturated rings. The fourth-order valence-electron chi connectivity index (χ4n) is 2.49. The molecule has 2 rings (SSSR count). The molecule has 0 saturated carbocycles. The second-order valence-electron chi connectivity index (χ2n) is 4.72. The Morgan fingerprint density at radius 2 is 2.31 bits per heavy atom. The van der Waals surface area contributed by atoms with Crippen LogP contribution in [-0.4, -0.2) is 23.5 Å². The van der Waals surface area contributed by atoms with Crippen molar-refractivity contribution in [3.8, 4) is 0 Å². The Balaban J connectivity index is 2.30. The second-order valence-corrected chi connectivity index (χ2v) is 6.52. The molecule has 0 bridgehead atoms. The Hall–Kier alpha value is 0.100. The van der Waals surface area contributed by atoms with Gasteiger partial charge in [0.15, 0.2) is 0 Å². The van der Waals surface area contributed by atoms with Gasteiger partial charge < -0.3 is 5.73 Å². The molecular formula is C12H19BrN2S. The smallest absolute Gasteiger partial charge is 0.0607 e. The maximum Gasteiger partial charge on any atom is 0.0607 e. The average Bonchev–Trinajstić information content (AvgIpc) is 2.64. The van der Waals surface area contributed by atoms with Gasteiger partial charge in [0.05, 0.1) is 6.04 Å². The van der Waals surface area contributed by atoms with Crippen molar-refractivity contribution >= 4 is 27.3 Å². The van der Waals surface area contributed by atoms with E-state index in [0.717, 1.165) is 6.42 Å². The van der Waals surface area contributed by atoms with E-state index in [-0.39, 0.29) is 6.04 Å². The average molecular weight is 303 g/mol. The van der Waals surface area contributed by atoms with Crippen LogP contribution in [0.25, 0.3) is 0 Å². The molecule has 0 spiro atoms. The number of likely N-dealkylation sites (tertiary alicyclic amines) is 1. The van der Waals surface area contributed by atoms with Crippen molar-refractivity contribution in [3.63, 3.8) is 0 Å². The zero-order chi connectivity index (χ0) is 11.7. The van der Waals surface area contributed by atoms with Crippen LogP contribution in [0.5, 0.6) is 0 Å². The normalized spacial score (nSPS) is 27.6. The lowest BCUT2D eigenvalue weighted by Gasteiger charge is -2.42. The minimum Gasteiger partial charge on any atom is -0.326 e. The predicted octanol–water partition coefficient (Wildman–Crippen LogP) is 3.38. The topological polar surface area (TPSA) is 29.3 Å². The molecule has 0 amide bonds. The van der Waals surface area contributed by atoms with Gasteiger partial charge >= 0.3 is 0 Å². The van der Waals surface area contributed by atoms with Crippen LogP contribution in [0.4, 0.5) is 0 Å². The lowest BCUT2D eigenvalue weighted by atomic mass is 9.94. The highest BCUT2D eigenvalue weighted by molar-refractivity contribution is 9.10. The minimum atomic E-state index is 0.270. The van der Waals surface area contributed by atoms with Crippen LogP contribution in [0.15, 0.2) is 15.9 Å². The lowest BCUT2D eigenvalue weighted by molar-refractivity contribution is 0.0966. The minimum absolute atomic E-state index is 0.270. The molecule has 1 aliphatic heterocycles. The fraction of sp³-hybridized carbons (Fsp3) is 0.667. The predicted molar refractivity (Wildman–Crippen MR) is 73.8 cm³/mol. The molecule has 1 aromatic rings. The summed E-state index contributed by atoms with van der Waals surface area (Å²) in [5, 5.41) is 2.14. The lowest BCUT2D eigenvalue weighted by Crippen LogP contribution is -2.48. The fourth-order valence-corrected chi connectivity index (χ4v) is 4.30. The summed E-state index contributed by atoms with van der Waals surface area (Å²) >= 11 is 5.45. The Kier molecular flexibility index (Phi) is 4.06. The van der Waals surface area contributed by atoms with E-state index in [1.807, 2.05) is 11.3 Å². The standard InChI is InChI=1S/C12H19BrN2S/c1-8(2)15-6-3-4-10(14)11(15)12-9(13)5-7-16-12/h5,7-8,10-11H,3-4,6,14H2,1-2H3. The van der Waals surface area contributed by atoms with Crippen molar-refractivity contribution in [1.29, 1.82) is 0 Å². The Morgan fingerprint density at radius 3 is 2.88 bits per heavy atom. The zero-order valence-electron chi connectivity index (χ0n) is 9.82. The Labute approximate surface area is 110 Å². The van der Waals surface area contributed by atoms with Crippen molar-refractivity contribution in [3.05, 3.63) is 20.8 Å². The van der Waals surface area contributed by atoms with Crippen LogP contribution in [-0.2, 0) is 0 Å². The van der Waals surface area contributed by atoms with E-state index in [1.165, 1.54) is 22.3 Å². The van der Waals surface area contributed by atoms with Gasteiger partial charge in [0.1, 0.15) is 0 Å². The van der Waals surface area contributed by atoms with Crippen LogP contribution in [0, 0.1) is 0 Å². The molecule has 1 saturated heterocycles. The summed E-state index contributed by atoms with van der Waals surface area (Å²) in [6, 6.07) is 3.35. The molecular weight excluding hydrogens is 284 g/mol. The third kappa shape index (κ3) is 2.35. The van der Waals surface area contributed by atoms with Gasteiger partial charge in [0, 0.05) is 21.4 Å². The maximum atomic E-state index is 6.31. The van der Waals surface area contributed by atoms with Gasteiger partial charge in [-0.25, -0.2) is 0 Å². The number of rotatable bonds is 2. The maximum absolute atomic E-state index is 6.31. The first-order valence-corrected chi connectivity index (χ1v) is 7.52. The molecule has 1 aromatic heterocycles. The molecule has 4 heteroatoms. The van der Waals surface area contributed by atoms with Gasteiger partial charge in [-0.15, -0.1) is 11.3 Å². The van der Waals surface area contributed by atoms with Crippen molar-refractivity contribution in [2.24, 2.45) is 5.73 Å². The summed E-state index contributed by atoms with van der Waals surface area (Å²) in [5.74, 6) is 0. The van der Waals surface area contributed by atoms with E-state index < -0.39 is 0 Å². The van der Waals surface area contributed by atoms with Crippen LogP contribution in [0.3, 0.4) is 0 Å². The van der Waals surface area contributed by atoms with Crippen LogP contribution < -0.4 is 5.73 Å². The molecule has 1 aliphatic rings. The number of hydrogen-bond acceptors (Lipinski definition) is 3. The van der Waals surface area contributed by atoms with E-state index in [1.54, 1.807) is 0 Å². The number of thiophene rings is 1. The number of hydrogen-bond donors (Lipinski definition) is 1. The molecule has 90 valence electrons. The summed E-state index contributed by atoms with van der Waals surface area (Å²) in [4.78, 5) is 3.92. The highest BCUT2D eigenvalue weighted by Gasteiger charge is 2.33. The van der Waals surface area contributed by atoms with Gasteiger partial charge in [0.2, 0.25) is 0 Å². The number of piperidine rings is 1. The number of nitrogens with two attached hydrogens (primary N) is 1. The summed E-state index contributed by atoms with van der Waals surface area (Å²) in [5.41, 5.74) is 6.31. The van der Waals surface area contributed by atoms with E-state index in [0.29, 0.717) is 12.1 Å². The van der Waals surface area contributed by atoms with Crippen LogP contribution in [0.1, 0.15) is 37.6 Å². The van der Waals surface area contributed by atoms with Crippen molar-refractivity contribution in [1.82, 2.24) is 4.90 Å². The molecule has 2 unspecified atom stereocenters. The second kappa shape index (κ2) is 5.17. The molecule has 0 aliphatic carbocycles. The largest absolute Gasteiger partial charge is 0.326 e. The van der Waals surface area contributed by atoms with Crippen molar-refractivity contribution in [2.75, 3.05) is 6.54 Å². The van der Waals surface area contributed by atoms with E-state index in [2.05, 4.69) is 46.1 Å². The van der Waals surface area contributed by atoms with Crippen molar-refractivity contribution in [2.45, 2.75) is 44.8 Å². The van der Waals surface area contributed by atoms with Gasteiger partial charge in [-0.2, -0.15) is 0 Å². The van der Waals surface area contributed by atoms with Gasteiger partial charge in [0.25, 0.3) is 0 Å². The van der Waals surface area contributed by atoms with Crippen molar-refractivity contribution < 1.29 is 0 Å². The van der Waals surface area contributed by atoms with E-state index >= 15 is 0 Å². The first kappa shape index (κ1) is 12.6. The van der Waals surface area contributed by atoms with Crippen LogP contribution in [0.2, 0.25) is 0 Å². The van der Waals surface area contributed by atoms with E-state index in [9.17, 15) is 0 Å². The Morgan fingerprint density at radius 1 is 1.56 bits per heavy atom. The number of nitrogens with zero attached hydrogens (tertiary/aromatic N) is 1. The summed E-state index contributed by atoms with van der Waals surface area (Å²) in [7, 11) is 0. The Bertz CT molecular complexity index is 351. The molecule has 0 radical (unpaired) electrons. The molecule has 0 aromatic carbocycles. The van der Waals surface area contributed by atoms with Gasteiger partial charge in [-0.05, 0) is 60.6 Å². The molecule has 2 N–H and O–H groups in total. The highest BCUT2D eigenvalue weighted by Crippen LogP contribution is 2.38. The van der Waals surface area contributed by atoms with Crippen LogP contribution >= 0.6 is 27.3 Å². The SMILES string of the molecule is CC(C)N1CCCC(N)C1c1sccc1Br. The molecule has 2 heterocycles. The third-order valence-electron chi connectivity index (χ3n) is 3.29. The van der Waals surface area contributed by atoms with Gasteiger partial charge in [-0.1, -0.05) is 0 Å².